The number of nitrogens with zero attached hydrogens (tertiary/aromatic N) is 3. The Kier molecular flexibility index (Phi) is 5.22. The first kappa shape index (κ1) is 16.5. The van der Waals surface area contributed by atoms with Gasteiger partial charge in [-0.2, -0.15) is 5.10 Å². The Bertz CT molecular complexity index is 559. The molecule has 2 atom stereocenters. The molecule has 6 heteroatoms. The Morgan fingerprint density at radius 2 is 2.41 bits per heavy atom. The number of aromatic nitrogens is 2. The molecule has 2 rings (SSSR count). The molecule has 0 aliphatic carbocycles. The van der Waals surface area contributed by atoms with Gasteiger partial charge in [0.25, 0.3) is 0 Å². The van der Waals surface area contributed by atoms with E-state index in [1.54, 1.807) is 31.0 Å². The van der Waals surface area contributed by atoms with Gasteiger partial charge >= 0.3 is 0 Å². The van der Waals surface area contributed by atoms with Gasteiger partial charge in [-0.1, -0.05) is 12.3 Å². The summed E-state index contributed by atoms with van der Waals surface area (Å²) in [6.07, 6.45) is 11.6. The lowest BCUT2D eigenvalue weighted by Gasteiger charge is -2.34. The molecule has 2 N–H and O–H groups in total. The van der Waals surface area contributed by atoms with Crippen LogP contribution in [0.5, 0.6) is 0 Å². The van der Waals surface area contributed by atoms with E-state index in [1.807, 2.05) is 4.90 Å². The zero-order valence-corrected chi connectivity index (χ0v) is 13.2. The first-order valence-corrected chi connectivity index (χ1v) is 7.61. The van der Waals surface area contributed by atoms with Gasteiger partial charge in [-0.3, -0.25) is 14.4 Å². The topological polar surface area (TPSA) is 70.4 Å². The molecule has 1 aromatic heterocycles. The third-order valence-electron chi connectivity index (χ3n) is 4.14. The van der Waals surface area contributed by atoms with Gasteiger partial charge in [0.15, 0.2) is 0 Å². The molecule has 1 aliphatic rings. The summed E-state index contributed by atoms with van der Waals surface area (Å²) in [6.45, 7) is 3.15. The van der Waals surface area contributed by atoms with Crippen LogP contribution in [-0.2, 0) is 17.4 Å². The summed E-state index contributed by atoms with van der Waals surface area (Å²) in [5.41, 5.74) is -0.463. The van der Waals surface area contributed by atoms with E-state index in [0.717, 1.165) is 25.8 Å². The lowest BCUT2D eigenvalue weighted by Crippen LogP contribution is -2.51. The number of hydrogen-bond donors (Lipinski definition) is 2. The monoisotopic (exact) mass is 304 g/mol. The number of piperidine rings is 1. The van der Waals surface area contributed by atoms with Crippen molar-refractivity contribution < 1.29 is 9.90 Å². The van der Waals surface area contributed by atoms with E-state index in [4.69, 9.17) is 6.42 Å². The molecule has 0 bridgehead atoms. The van der Waals surface area contributed by atoms with Gasteiger partial charge in [-0.15, -0.1) is 6.42 Å². The maximum atomic E-state index is 12.4. The maximum absolute atomic E-state index is 12.4. The number of terminal acetylenes is 1. The second-order valence-electron chi connectivity index (χ2n) is 6.08. The third-order valence-corrected chi connectivity index (χ3v) is 4.14. The molecular weight excluding hydrogens is 280 g/mol. The summed E-state index contributed by atoms with van der Waals surface area (Å²) in [6, 6.07) is -0.200. The minimum atomic E-state index is -1.14. The van der Waals surface area contributed by atoms with E-state index in [9.17, 15) is 9.90 Å². The van der Waals surface area contributed by atoms with Crippen LogP contribution in [0.3, 0.4) is 0 Å². The molecule has 0 aromatic carbocycles. The predicted octanol–water partition coefficient (Wildman–Crippen LogP) is 0.232. The number of rotatable bonds is 5. The maximum Gasteiger partial charge on any atom is 0.237 e. The number of aliphatic hydroxyl groups is 1. The Morgan fingerprint density at radius 3 is 3.05 bits per heavy atom. The lowest BCUT2D eigenvalue weighted by molar-refractivity contribution is -0.128. The van der Waals surface area contributed by atoms with Crippen molar-refractivity contribution in [1.29, 1.82) is 0 Å². The average molecular weight is 304 g/mol. The fraction of sp³-hybridized carbons (Fsp3) is 0.625. The molecule has 6 nitrogen and oxygen atoms in total. The van der Waals surface area contributed by atoms with Crippen molar-refractivity contribution in [1.82, 2.24) is 20.0 Å². The fourth-order valence-electron chi connectivity index (χ4n) is 2.77. The van der Waals surface area contributed by atoms with Gasteiger partial charge in [-0.25, -0.2) is 0 Å². The Morgan fingerprint density at radius 1 is 1.64 bits per heavy atom. The van der Waals surface area contributed by atoms with E-state index < -0.39 is 5.60 Å². The van der Waals surface area contributed by atoms with Gasteiger partial charge in [0.2, 0.25) is 5.91 Å². The summed E-state index contributed by atoms with van der Waals surface area (Å²) in [5.74, 6) is 2.54. The standard InChI is InChI=1S/C16H24N4O2/c1-4-8-20-9-6-5-7-14(20)15(21)17-12-16(2,22)13-10-18-19(3)11-13/h1,10-11,14,22H,5-9,12H2,2-3H3,(H,17,21)/t14-,16-/m1/s1. The zero-order chi connectivity index (χ0) is 16.2. The molecular formula is C16H24N4O2. The SMILES string of the molecule is C#CCN1CCCC[C@@H]1C(=O)NC[C@@](C)(O)c1cnn(C)c1. The van der Waals surface area contributed by atoms with Crippen LogP contribution in [0.1, 0.15) is 31.7 Å². The molecule has 1 fully saturated rings. The molecule has 1 aliphatic heterocycles. The highest BCUT2D eigenvalue weighted by Gasteiger charge is 2.31. The molecule has 1 aromatic rings. The molecule has 1 amide bonds. The van der Waals surface area contributed by atoms with Crippen molar-refractivity contribution in [2.75, 3.05) is 19.6 Å². The van der Waals surface area contributed by atoms with Crippen molar-refractivity contribution in [2.24, 2.45) is 7.05 Å². The number of aryl methyl sites for hydroxylation is 1. The van der Waals surface area contributed by atoms with Crippen LogP contribution in [0.25, 0.3) is 0 Å². The quantitative estimate of drug-likeness (QED) is 0.764. The van der Waals surface area contributed by atoms with Crippen molar-refractivity contribution >= 4 is 5.91 Å². The van der Waals surface area contributed by atoms with Crippen molar-refractivity contribution in [2.45, 2.75) is 37.8 Å². The van der Waals surface area contributed by atoms with Crippen molar-refractivity contribution in [3.63, 3.8) is 0 Å². The first-order valence-electron chi connectivity index (χ1n) is 7.61. The highest BCUT2D eigenvalue weighted by atomic mass is 16.3. The van der Waals surface area contributed by atoms with E-state index in [1.165, 1.54) is 0 Å². The van der Waals surface area contributed by atoms with E-state index in [-0.39, 0.29) is 18.5 Å². The fourth-order valence-corrected chi connectivity index (χ4v) is 2.77. The van der Waals surface area contributed by atoms with Crippen LogP contribution >= 0.6 is 0 Å². The molecule has 1 saturated heterocycles. The minimum Gasteiger partial charge on any atom is -0.383 e. The molecule has 0 radical (unpaired) electrons. The van der Waals surface area contributed by atoms with E-state index >= 15 is 0 Å². The summed E-state index contributed by atoms with van der Waals surface area (Å²) >= 11 is 0. The number of nitrogens with one attached hydrogen (secondary N) is 1. The van der Waals surface area contributed by atoms with Gasteiger partial charge in [-0.05, 0) is 26.3 Å². The van der Waals surface area contributed by atoms with E-state index in [2.05, 4.69) is 16.3 Å². The van der Waals surface area contributed by atoms with Crippen LogP contribution < -0.4 is 5.32 Å². The van der Waals surface area contributed by atoms with Gasteiger partial charge in [0.05, 0.1) is 25.3 Å². The van der Waals surface area contributed by atoms with E-state index in [0.29, 0.717) is 12.1 Å². The normalized spacial score (nSPS) is 21.8. The number of amides is 1. The molecule has 120 valence electrons. The molecule has 2 heterocycles. The molecule has 0 unspecified atom stereocenters. The molecule has 22 heavy (non-hydrogen) atoms. The third kappa shape index (κ3) is 3.87. The summed E-state index contributed by atoms with van der Waals surface area (Å²) in [4.78, 5) is 14.4. The second kappa shape index (κ2) is 6.95. The van der Waals surface area contributed by atoms with Crippen LogP contribution in [0.4, 0.5) is 0 Å². The van der Waals surface area contributed by atoms with Gasteiger partial charge in [0, 0.05) is 18.8 Å². The number of hydrogen-bond acceptors (Lipinski definition) is 4. The van der Waals surface area contributed by atoms with Gasteiger partial charge < -0.3 is 10.4 Å². The number of carbonyl (C=O) groups is 1. The zero-order valence-electron chi connectivity index (χ0n) is 13.2. The Labute approximate surface area is 131 Å². The predicted molar refractivity (Wildman–Crippen MR) is 83.8 cm³/mol. The minimum absolute atomic E-state index is 0.0703. The highest BCUT2D eigenvalue weighted by molar-refractivity contribution is 5.82. The smallest absolute Gasteiger partial charge is 0.237 e. The lowest BCUT2D eigenvalue weighted by atomic mass is 9.98. The average Bonchev–Trinajstić information content (AvgIpc) is 2.93. The van der Waals surface area contributed by atoms with Crippen LogP contribution in [-0.4, -0.2) is 51.4 Å². The van der Waals surface area contributed by atoms with Crippen molar-refractivity contribution in [3.05, 3.63) is 18.0 Å². The largest absolute Gasteiger partial charge is 0.383 e. The van der Waals surface area contributed by atoms with Crippen LogP contribution in [0, 0.1) is 12.3 Å². The summed E-state index contributed by atoms with van der Waals surface area (Å²) in [7, 11) is 1.79. The molecule has 0 saturated carbocycles. The van der Waals surface area contributed by atoms with Gasteiger partial charge in [0.1, 0.15) is 5.60 Å². The summed E-state index contributed by atoms with van der Waals surface area (Å²) in [5, 5.41) is 17.4. The Hall–Kier alpha value is -1.84. The number of carbonyl (C=O) groups excluding carboxylic acids is 1. The second-order valence-corrected chi connectivity index (χ2v) is 6.08. The highest BCUT2D eigenvalue weighted by Crippen LogP contribution is 2.20. The number of likely N-dealkylation sites (tertiary alicyclic amines) is 1. The summed E-state index contributed by atoms with van der Waals surface area (Å²) < 4.78 is 1.63. The molecule has 0 spiro atoms. The van der Waals surface area contributed by atoms with Crippen LogP contribution in [0.2, 0.25) is 0 Å². The first-order chi connectivity index (χ1) is 10.4. The Balaban J connectivity index is 1.95. The van der Waals surface area contributed by atoms with Crippen LogP contribution in [0.15, 0.2) is 12.4 Å². The van der Waals surface area contributed by atoms with Crippen molar-refractivity contribution in [3.8, 4) is 12.3 Å².